The molecule has 1 aromatic heterocycles. The zero-order valence-corrected chi connectivity index (χ0v) is 12.1. The van der Waals surface area contributed by atoms with E-state index in [1.54, 1.807) is 7.05 Å². The van der Waals surface area contributed by atoms with Crippen LogP contribution in [0.1, 0.15) is 24.2 Å². The van der Waals surface area contributed by atoms with E-state index in [2.05, 4.69) is 27.6 Å². The Balaban J connectivity index is 2.22. The van der Waals surface area contributed by atoms with Crippen molar-refractivity contribution in [2.75, 3.05) is 26.7 Å². The first kappa shape index (κ1) is 14.0. The third-order valence-corrected chi connectivity index (χ3v) is 3.83. The highest BCUT2D eigenvalue weighted by Gasteiger charge is 2.32. The Kier molecular flexibility index (Phi) is 4.21. The number of aromatic nitrogens is 2. The molecule has 2 rings (SSSR count). The summed E-state index contributed by atoms with van der Waals surface area (Å²) in [5.74, 6) is 0.0700. The van der Waals surface area contributed by atoms with Crippen molar-refractivity contribution < 1.29 is 4.79 Å². The van der Waals surface area contributed by atoms with E-state index in [4.69, 9.17) is 0 Å². The molecule has 1 aliphatic heterocycles. The Morgan fingerprint density at radius 2 is 2.37 bits per heavy atom. The highest BCUT2D eigenvalue weighted by Crippen LogP contribution is 2.25. The van der Waals surface area contributed by atoms with E-state index >= 15 is 0 Å². The van der Waals surface area contributed by atoms with Crippen molar-refractivity contribution in [3.05, 3.63) is 17.5 Å². The zero-order chi connectivity index (χ0) is 14.0. The van der Waals surface area contributed by atoms with Crippen LogP contribution < -0.4 is 10.6 Å². The van der Waals surface area contributed by atoms with Gasteiger partial charge in [0.2, 0.25) is 5.91 Å². The van der Waals surface area contributed by atoms with E-state index in [1.165, 1.54) is 5.56 Å². The minimum absolute atomic E-state index is 0.0700. The smallest absolute Gasteiger partial charge is 0.238 e. The van der Waals surface area contributed by atoms with Crippen LogP contribution in [0.15, 0.2) is 6.20 Å². The van der Waals surface area contributed by atoms with Crippen LogP contribution >= 0.6 is 0 Å². The number of piperazine rings is 1. The van der Waals surface area contributed by atoms with Crippen LogP contribution in [0.2, 0.25) is 0 Å². The second-order valence-corrected chi connectivity index (χ2v) is 5.09. The maximum Gasteiger partial charge on any atom is 0.238 e. The minimum atomic E-state index is -0.117. The quantitative estimate of drug-likeness (QED) is 0.795. The van der Waals surface area contributed by atoms with Gasteiger partial charge >= 0.3 is 0 Å². The maximum absolute atomic E-state index is 12.0. The van der Waals surface area contributed by atoms with Crippen LogP contribution in [0.25, 0.3) is 0 Å². The summed E-state index contributed by atoms with van der Waals surface area (Å²) in [6.45, 7) is 6.64. The van der Waals surface area contributed by atoms with Crippen LogP contribution in [0.3, 0.4) is 0 Å². The van der Waals surface area contributed by atoms with Gasteiger partial charge in [-0.3, -0.25) is 14.4 Å². The number of rotatable bonds is 3. The first-order chi connectivity index (χ1) is 9.04. The summed E-state index contributed by atoms with van der Waals surface area (Å²) in [6.07, 6.45) is 2.04. The lowest BCUT2D eigenvalue weighted by Gasteiger charge is -2.39. The summed E-state index contributed by atoms with van der Waals surface area (Å²) in [7, 11) is 3.62. The van der Waals surface area contributed by atoms with Crippen molar-refractivity contribution in [2.24, 2.45) is 7.05 Å². The predicted molar refractivity (Wildman–Crippen MR) is 73.8 cm³/mol. The Morgan fingerprint density at radius 3 is 2.95 bits per heavy atom. The number of amides is 1. The maximum atomic E-state index is 12.0. The van der Waals surface area contributed by atoms with Crippen LogP contribution in [0, 0.1) is 6.92 Å². The molecular formula is C13H23N5O. The van der Waals surface area contributed by atoms with Crippen molar-refractivity contribution in [2.45, 2.75) is 25.9 Å². The molecule has 0 aliphatic carbocycles. The second-order valence-electron chi connectivity index (χ2n) is 5.09. The normalized spacial score (nSPS) is 22.2. The van der Waals surface area contributed by atoms with Crippen LogP contribution in [-0.4, -0.2) is 53.3 Å². The third kappa shape index (κ3) is 2.79. The molecule has 0 bridgehead atoms. The minimum Gasteiger partial charge on any atom is -0.358 e. The average molecular weight is 265 g/mol. The summed E-state index contributed by atoms with van der Waals surface area (Å²) >= 11 is 0. The summed E-state index contributed by atoms with van der Waals surface area (Å²) < 4.78 is 1.83. The van der Waals surface area contributed by atoms with E-state index in [1.807, 2.05) is 24.9 Å². The van der Waals surface area contributed by atoms with E-state index in [-0.39, 0.29) is 18.0 Å². The molecule has 1 aromatic rings. The number of nitrogens with one attached hydrogen (secondary N) is 2. The standard InChI is InChI=1S/C13H23N5O/c1-9-11(8-17(4)16-9)10(2)18-6-5-15-7-12(18)13(19)14-3/h8,10,12,15H,5-7H2,1-4H3,(H,14,19). The number of carbonyl (C=O) groups is 1. The molecule has 1 aliphatic rings. The van der Waals surface area contributed by atoms with Gasteiger partial charge in [-0.25, -0.2) is 0 Å². The highest BCUT2D eigenvalue weighted by molar-refractivity contribution is 5.81. The molecule has 2 unspecified atom stereocenters. The van der Waals surface area contributed by atoms with Gasteiger partial charge in [0.1, 0.15) is 6.04 Å². The predicted octanol–water partition coefficient (Wildman–Crippen LogP) is -0.191. The van der Waals surface area contributed by atoms with Gasteiger partial charge in [-0.05, 0) is 13.8 Å². The molecule has 2 atom stereocenters. The van der Waals surface area contributed by atoms with Gasteiger partial charge in [0, 0.05) is 51.5 Å². The Morgan fingerprint density at radius 1 is 1.63 bits per heavy atom. The summed E-state index contributed by atoms with van der Waals surface area (Å²) in [6, 6.07) is 0.0754. The number of hydrogen-bond acceptors (Lipinski definition) is 4. The van der Waals surface area contributed by atoms with Crippen molar-refractivity contribution in [3.63, 3.8) is 0 Å². The third-order valence-electron chi connectivity index (χ3n) is 3.83. The summed E-state index contributed by atoms with van der Waals surface area (Å²) in [5.41, 5.74) is 2.22. The lowest BCUT2D eigenvalue weighted by Crippen LogP contribution is -2.57. The van der Waals surface area contributed by atoms with Crippen LogP contribution in [-0.2, 0) is 11.8 Å². The number of aryl methyl sites for hydroxylation is 2. The molecule has 0 radical (unpaired) electrons. The molecule has 106 valence electrons. The van der Waals surface area contributed by atoms with Crippen LogP contribution in [0.5, 0.6) is 0 Å². The van der Waals surface area contributed by atoms with Gasteiger partial charge in [-0.1, -0.05) is 0 Å². The van der Waals surface area contributed by atoms with E-state index in [9.17, 15) is 4.79 Å². The number of carbonyl (C=O) groups excluding carboxylic acids is 1. The summed E-state index contributed by atoms with van der Waals surface area (Å²) in [4.78, 5) is 14.2. The van der Waals surface area contributed by atoms with Gasteiger partial charge in [0.05, 0.1) is 5.69 Å². The molecule has 2 heterocycles. The van der Waals surface area contributed by atoms with Gasteiger partial charge in [0.25, 0.3) is 0 Å². The molecule has 2 N–H and O–H groups in total. The number of likely N-dealkylation sites (N-methyl/N-ethyl adjacent to an activating group) is 1. The van der Waals surface area contributed by atoms with E-state index in [0.717, 1.165) is 18.8 Å². The monoisotopic (exact) mass is 265 g/mol. The molecule has 0 spiro atoms. The fourth-order valence-corrected chi connectivity index (χ4v) is 2.80. The van der Waals surface area contributed by atoms with E-state index < -0.39 is 0 Å². The van der Waals surface area contributed by atoms with Gasteiger partial charge in [0.15, 0.2) is 0 Å². The van der Waals surface area contributed by atoms with Crippen molar-refractivity contribution >= 4 is 5.91 Å². The SMILES string of the molecule is CNC(=O)C1CNCCN1C(C)c1cn(C)nc1C. The molecule has 1 fully saturated rings. The molecule has 6 heteroatoms. The molecule has 19 heavy (non-hydrogen) atoms. The topological polar surface area (TPSA) is 62.2 Å². The van der Waals surface area contributed by atoms with Crippen molar-refractivity contribution in [1.29, 1.82) is 0 Å². The fraction of sp³-hybridized carbons (Fsp3) is 0.692. The summed E-state index contributed by atoms with van der Waals surface area (Å²) in [5, 5.41) is 10.4. The number of hydrogen-bond donors (Lipinski definition) is 2. The second kappa shape index (κ2) is 5.71. The first-order valence-corrected chi connectivity index (χ1v) is 6.72. The molecular weight excluding hydrogens is 242 g/mol. The molecule has 0 saturated carbocycles. The molecule has 0 aromatic carbocycles. The molecule has 1 saturated heterocycles. The van der Waals surface area contributed by atoms with Crippen molar-refractivity contribution in [1.82, 2.24) is 25.3 Å². The molecule has 1 amide bonds. The van der Waals surface area contributed by atoms with E-state index in [0.29, 0.717) is 6.54 Å². The van der Waals surface area contributed by atoms with Gasteiger partial charge in [-0.2, -0.15) is 5.10 Å². The highest BCUT2D eigenvalue weighted by atomic mass is 16.2. The molecule has 6 nitrogen and oxygen atoms in total. The Bertz CT molecular complexity index is 456. The van der Waals surface area contributed by atoms with Crippen LogP contribution in [0.4, 0.5) is 0 Å². The fourth-order valence-electron chi connectivity index (χ4n) is 2.80. The Labute approximate surface area is 114 Å². The lowest BCUT2D eigenvalue weighted by atomic mass is 10.0. The van der Waals surface area contributed by atoms with Gasteiger partial charge in [-0.15, -0.1) is 0 Å². The largest absolute Gasteiger partial charge is 0.358 e. The average Bonchev–Trinajstić information content (AvgIpc) is 2.76. The zero-order valence-electron chi connectivity index (χ0n) is 12.1. The Hall–Kier alpha value is -1.40. The number of nitrogens with zero attached hydrogens (tertiary/aromatic N) is 3. The first-order valence-electron chi connectivity index (χ1n) is 6.72. The lowest BCUT2D eigenvalue weighted by molar-refractivity contribution is -0.127. The van der Waals surface area contributed by atoms with Crippen molar-refractivity contribution in [3.8, 4) is 0 Å². The van der Waals surface area contributed by atoms with Gasteiger partial charge < -0.3 is 10.6 Å².